The van der Waals surface area contributed by atoms with Gasteiger partial charge in [0.15, 0.2) is 12.3 Å². The van der Waals surface area contributed by atoms with Gasteiger partial charge in [-0.15, -0.1) is 0 Å². The zero-order valence-corrected chi connectivity index (χ0v) is 11.9. The maximum atomic E-state index is 12.1. The van der Waals surface area contributed by atoms with E-state index in [4.69, 9.17) is 5.73 Å². The molecule has 8 nitrogen and oxygen atoms in total. The van der Waals surface area contributed by atoms with Gasteiger partial charge in [-0.25, -0.2) is 0 Å². The SMILES string of the molecule is NC1NC(=O)C2C(=NC[C@@H](CNc3ccccc3)N2C=O)N1. The predicted octanol–water partition coefficient (Wildman–Crippen LogP) is -1.33. The molecule has 2 unspecified atom stereocenters. The fourth-order valence-corrected chi connectivity index (χ4v) is 2.66. The molecule has 3 rings (SSSR count). The van der Waals surface area contributed by atoms with Crippen molar-refractivity contribution in [2.45, 2.75) is 18.4 Å². The van der Waals surface area contributed by atoms with E-state index in [2.05, 4.69) is 20.9 Å². The lowest BCUT2D eigenvalue weighted by atomic mass is 10.1. The molecule has 1 aromatic rings. The number of nitrogens with two attached hydrogens (primary N) is 1. The highest BCUT2D eigenvalue weighted by Gasteiger charge is 2.41. The van der Waals surface area contributed by atoms with Crippen LogP contribution in [-0.2, 0) is 9.59 Å². The molecule has 1 aromatic carbocycles. The number of hydrogen-bond donors (Lipinski definition) is 4. The van der Waals surface area contributed by atoms with Crippen molar-refractivity contribution in [1.29, 1.82) is 0 Å². The van der Waals surface area contributed by atoms with E-state index in [1.165, 1.54) is 4.90 Å². The summed E-state index contributed by atoms with van der Waals surface area (Å²) >= 11 is 0. The Hall–Kier alpha value is -2.61. The summed E-state index contributed by atoms with van der Waals surface area (Å²) in [6, 6.07) is 8.73. The Bertz CT molecular complexity index is 590. The number of carbonyl (C=O) groups is 2. The number of rotatable bonds is 4. The quantitative estimate of drug-likeness (QED) is 0.515. The van der Waals surface area contributed by atoms with Gasteiger partial charge in [-0.1, -0.05) is 18.2 Å². The van der Waals surface area contributed by atoms with Crippen LogP contribution in [0.15, 0.2) is 35.3 Å². The van der Waals surface area contributed by atoms with E-state index >= 15 is 0 Å². The Morgan fingerprint density at radius 2 is 2.14 bits per heavy atom. The first-order valence-corrected chi connectivity index (χ1v) is 7.07. The maximum absolute atomic E-state index is 12.1. The van der Waals surface area contributed by atoms with Crippen molar-refractivity contribution in [1.82, 2.24) is 15.5 Å². The number of carbonyl (C=O) groups excluding carboxylic acids is 2. The van der Waals surface area contributed by atoms with E-state index in [0.717, 1.165) is 5.69 Å². The van der Waals surface area contributed by atoms with Crippen LogP contribution in [0.25, 0.3) is 0 Å². The number of nitrogens with zero attached hydrogens (tertiary/aromatic N) is 2. The van der Waals surface area contributed by atoms with Crippen LogP contribution < -0.4 is 21.7 Å². The zero-order valence-electron chi connectivity index (χ0n) is 11.9. The molecule has 8 heteroatoms. The van der Waals surface area contributed by atoms with Crippen LogP contribution in [0.3, 0.4) is 0 Å². The van der Waals surface area contributed by atoms with Crippen molar-refractivity contribution in [3.8, 4) is 0 Å². The van der Waals surface area contributed by atoms with Gasteiger partial charge in [0.05, 0.1) is 12.6 Å². The van der Waals surface area contributed by atoms with Crippen molar-refractivity contribution in [3.63, 3.8) is 0 Å². The van der Waals surface area contributed by atoms with Crippen LogP contribution in [-0.4, -0.2) is 54.5 Å². The molecular weight excluding hydrogens is 284 g/mol. The van der Waals surface area contributed by atoms with Gasteiger partial charge in [-0.3, -0.25) is 20.3 Å². The molecule has 2 amide bonds. The highest BCUT2D eigenvalue weighted by Crippen LogP contribution is 2.15. The van der Waals surface area contributed by atoms with Crippen molar-refractivity contribution in [2.75, 3.05) is 18.4 Å². The number of nitrogens with one attached hydrogen (secondary N) is 3. The van der Waals surface area contributed by atoms with Crippen molar-refractivity contribution < 1.29 is 9.59 Å². The lowest BCUT2D eigenvalue weighted by Gasteiger charge is -2.42. The summed E-state index contributed by atoms with van der Waals surface area (Å²) < 4.78 is 0. The van der Waals surface area contributed by atoms with Crippen LogP contribution in [0.4, 0.5) is 5.69 Å². The van der Waals surface area contributed by atoms with Gasteiger partial charge < -0.3 is 20.9 Å². The Balaban J connectivity index is 1.73. The van der Waals surface area contributed by atoms with Crippen molar-refractivity contribution in [3.05, 3.63) is 30.3 Å². The van der Waals surface area contributed by atoms with E-state index in [9.17, 15) is 9.59 Å². The second-order valence-electron chi connectivity index (χ2n) is 5.21. The number of fused-ring (bicyclic) bond motifs is 1. The fourth-order valence-electron chi connectivity index (χ4n) is 2.66. The third kappa shape index (κ3) is 2.73. The second-order valence-corrected chi connectivity index (χ2v) is 5.21. The number of anilines is 1. The first kappa shape index (κ1) is 14.3. The Kier molecular flexibility index (Phi) is 3.92. The van der Waals surface area contributed by atoms with Crippen LogP contribution in [0, 0.1) is 0 Å². The molecule has 116 valence electrons. The largest absolute Gasteiger partial charge is 0.383 e. The standard InChI is InChI=1S/C14H18N6O2/c15-14-18-12-11(13(22)19-14)20(8-21)10(7-17-12)6-16-9-4-2-1-3-5-9/h1-5,8,10-11,14,16H,6-7,15H2,(H,17,18)(H,19,22)/t10-,11?,14?/m1/s1. The van der Waals surface area contributed by atoms with Gasteiger partial charge in [-0.2, -0.15) is 0 Å². The smallest absolute Gasteiger partial charge is 0.253 e. The number of para-hydroxylation sites is 1. The van der Waals surface area contributed by atoms with Crippen LogP contribution in [0.5, 0.6) is 0 Å². The normalized spacial score (nSPS) is 27.1. The minimum atomic E-state index is -0.742. The molecule has 1 fully saturated rings. The third-order valence-corrected chi connectivity index (χ3v) is 3.74. The second kappa shape index (κ2) is 6.02. The average Bonchev–Trinajstić information content (AvgIpc) is 2.53. The number of aliphatic imine (C=N–C) groups is 1. The van der Waals surface area contributed by atoms with Crippen LogP contribution >= 0.6 is 0 Å². The first-order valence-electron chi connectivity index (χ1n) is 7.07. The zero-order chi connectivity index (χ0) is 15.5. The van der Waals surface area contributed by atoms with E-state index in [-0.39, 0.29) is 11.9 Å². The molecule has 22 heavy (non-hydrogen) atoms. The molecule has 0 saturated carbocycles. The number of amides is 2. The topological polar surface area (TPSA) is 112 Å². The van der Waals surface area contributed by atoms with Crippen molar-refractivity contribution >= 4 is 23.8 Å². The molecule has 2 aliphatic heterocycles. The highest BCUT2D eigenvalue weighted by atomic mass is 16.2. The molecule has 2 aliphatic rings. The first-order chi connectivity index (χ1) is 10.7. The summed E-state index contributed by atoms with van der Waals surface area (Å²) in [7, 11) is 0. The Morgan fingerprint density at radius 3 is 2.86 bits per heavy atom. The Morgan fingerprint density at radius 1 is 1.36 bits per heavy atom. The van der Waals surface area contributed by atoms with Gasteiger partial charge in [0, 0.05) is 12.2 Å². The molecule has 0 aromatic heterocycles. The van der Waals surface area contributed by atoms with Crippen molar-refractivity contribution in [2.24, 2.45) is 10.7 Å². The van der Waals surface area contributed by atoms with Gasteiger partial charge in [0.25, 0.3) is 5.91 Å². The van der Waals surface area contributed by atoms with Crippen LogP contribution in [0.1, 0.15) is 0 Å². The van der Waals surface area contributed by atoms with E-state index in [1.54, 1.807) is 0 Å². The molecule has 2 heterocycles. The van der Waals surface area contributed by atoms with E-state index in [1.807, 2.05) is 30.3 Å². The Labute approximate surface area is 127 Å². The lowest BCUT2D eigenvalue weighted by molar-refractivity contribution is -0.133. The number of benzene rings is 1. The minimum absolute atomic E-state index is 0.201. The van der Waals surface area contributed by atoms with Gasteiger partial charge in [0.1, 0.15) is 5.84 Å². The highest BCUT2D eigenvalue weighted by molar-refractivity contribution is 6.10. The number of amidine groups is 1. The molecule has 1 saturated heterocycles. The molecular formula is C14H18N6O2. The van der Waals surface area contributed by atoms with Crippen LogP contribution in [0.2, 0.25) is 0 Å². The molecule has 5 N–H and O–H groups in total. The van der Waals surface area contributed by atoms with E-state index < -0.39 is 12.3 Å². The minimum Gasteiger partial charge on any atom is -0.383 e. The lowest BCUT2D eigenvalue weighted by Crippen LogP contribution is -2.72. The summed E-state index contributed by atoms with van der Waals surface area (Å²) in [6.07, 6.45) is 0.0180. The molecule has 0 spiro atoms. The van der Waals surface area contributed by atoms with Gasteiger partial charge in [0.2, 0.25) is 6.41 Å². The summed E-state index contributed by atoms with van der Waals surface area (Å²) in [5.74, 6) is 0.126. The molecule has 0 radical (unpaired) electrons. The molecule has 3 atom stereocenters. The summed E-state index contributed by atoms with van der Waals surface area (Å²) in [4.78, 5) is 29.4. The summed E-state index contributed by atoms with van der Waals surface area (Å²) in [5, 5.41) is 8.70. The summed E-state index contributed by atoms with van der Waals surface area (Å²) in [6.45, 7) is 0.923. The fraction of sp³-hybridized carbons (Fsp3) is 0.357. The number of hydrogen-bond acceptors (Lipinski definition) is 6. The van der Waals surface area contributed by atoms with Gasteiger partial charge >= 0.3 is 0 Å². The monoisotopic (exact) mass is 302 g/mol. The van der Waals surface area contributed by atoms with Gasteiger partial charge in [-0.05, 0) is 12.1 Å². The molecule has 0 aliphatic carbocycles. The molecule has 0 bridgehead atoms. The summed E-state index contributed by atoms with van der Waals surface area (Å²) in [5.41, 5.74) is 6.60. The maximum Gasteiger partial charge on any atom is 0.253 e. The van der Waals surface area contributed by atoms with E-state index in [0.29, 0.717) is 25.3 Å². The third-order valence-electron chi connectivity index (χ3n) is 3.74. The average molecular weight is 302 g/mol. The predicted molar refractivity (Wildman–Crippen MR) is 82.0 cm³/mol.